The van der Waals surface area contributed by atoms with Crippen molar-refractivity contribution in [1.82, 2.24) is 19.9 Å². The van der Waals surface area contributed by atoms with Gasteiger partial charge in [0.05, 0.1) is 19.0 Å². The molecule has 29 heavy (non-hydrogen) atoms. The summed E-state index contributed by atoms with van der Waals surface area (Å²) >= 11 is 5.85. The number of rotatable bonds is 6. The maximum Gasteiger partial charge on any atom is 0.139 e. The molecule has 0 saturated heterocycles. The number of imidazole rings is 1. The Balaban J connectivity index is 1.54. The molecule has 0 aliphatic heterocycles. The normalized spacial score (nSPS) is 10.7. The van der Waals surface area contributed by atoms with Crippen molar-refractivity contribution in [2.45, 2.75) is 13.5 Å². The van der Waals surface area contributed by atoms with Crippen molar-refractivity contribution in [1.29, 1.82) is 0 Å². The van der Waals surface area contributed by atoms with E-state index in [0.29, 0.717) is 23.3 Å². The molecule has 0 aliphatic rings. The van der Waals surface area contributed by atoms with Crippen molar-refractivity contribution in [2.75, 3.05) is 7.11 Å². The number of methoxy groups -OCH3 is 1. The molecular formula is C22H19ClN4O2. The molecule has 0 atom stereocenters. The fourth-order valence-corrected chi connectivity index (χ4v) is 3.08. The second kappa shape index (κ2) is 8.32. The van der Waals surface area contributed by atoms with Crippen LogP contribution in [0.3, 0.4) is 0 Å². The molecule has 1 N–H and O–H groups in total. The standard InChI is InChI=1S/C22H19ClN4O2/c1-14-9-15(7-8-24-14)13-29-17-4-5-18(20(10-17)28-2)19-12-26-22(27-19)16-3-6-21(23)25-11-16/h3-12H,13H2,1-2H3,(H,26,27). The van der Waals surface area contributed by atoms with Gasteiger partial charge in [0.15, 0.2) is 0 Å². The first-order valence-electron chi connectivity index (χ1n) is 9.02. The molecule has 0 amide bonds. The number of pyridine rings is 2. The maximum absolute atomic E-state index is 5.91. The summed E-state index contributed by atoms with van der Waals surface area (Å²) in [5.74, 6) is 2.12. The molecule has 0 spiro atoms. The lowest BCUT2D eigenvalue weighted by Crippen LogP contribution is -1.97. The van der Waals surface area contributed by atoms with Gasteiger partial charge in [0, 0.05) is 35.3 Å². The zero-order valence-electron chi connectivity index (χ0n) is 16.0. The molecule has 0 unspecified atom stereocenters. The van der Waals surface area contributed by atoms with E-state index in [4.69, 9.17) is 21.1 Å². The third kappa shape index (κ3) is 4.38. The summed E-state index contributed by atoms with van der Waals surface area (Å²) in [4.78, 5) is 16.0. The SMILES string of the molecule is COc1cc(OCc2ccnc(C)c2)ccc1-c1cnc(-c2ccc(Cl)nc2)[nH]1. The lowest BCUT2D eigenvalue weighted by molar-refractivity contribution is 0.303. The quantitative estimate of drug-likeness (QED) is 0.452. The van der Waals surface area contributed by atoms with Gasteiger partial charge in [0.2, 0.25) is 0 Å². The van der Waals surface area contributed by atoms with Gasteiger partial charge in [-0.05, 0) is 48.9 Å². The molecule has 7 heteroatoms. The van der Waals surface area contributed by atoms with Gasteiger partial charge in [-0.25, -0.2) is 9.97 Å². The van der Waals surface area contributed by atoms with E-state index in [1.807, 2.05) is 43.3 Å². The fraction of sp³-hybridized carbons (Fsp3) is 0.136. The number of ether oxygens (including phenoxy) is 2. The summed E-state index contributed by atoms with van der Waals surface area (Å²) in [7, 11) is 1.63. The molecule has 0 fully saturated rings. The van der Waals surface area contributed by atoms with Crippen LogP contribution in [0.4, 0.5) is 0 Å². The van der Waals surface area contributed by atoms with Gasteiger partial charge in [-0.3, -0.25) is 4.98 Å². The number of aryl methyl sites for hydroxylation is 1. The highest BCUT2D eigenvalue weighted by molar-refractivity contribution is 6.29. The number of nitrogens with zero attached hydrogens (tertiary/aromatic N) is 3. The zero-order chi connectivity index (χ0) is 20.2. The molecular weight excluding hydrogens is 388 g/mol. The van der Waals surface area contributed by atoms with Crippen LogP contribution in [0.2, 0.25) is 5.15 Å². The third-order valence-electron chi connectivity index (χ3n) is 4.41. The van der Waals surface area contributed by atoms with Crippen LogP contribution in [0.5, 0.6) is 11.5 Å². The summed E-state index contributed by atoms with van der Waals surface area (Å²) in [6, 6.07) is 13.3. The summed E-state index contributed by atoms with van der Waals surface area (Å²) in [5.41, 5.74) is 4.61. The van der Waals surface area contributed by atoms with E-state index in [9.17, 15) is 0 Å². The smallest absolute Gasteiger partial charge is 0.139 e. The molecule has 3 heterocycles. The Labute approximate surface area is 173 Å². The van der Waals surface area contributed by atoms with Gasteiger partial charge >= 0.3 is 0 Å². The van der Waals surface area contributed by atoms with Crippen molar-refractivity contribution in [3.63, 3.8) is 0 Å². The monoisotopic (exact) mass is 406 g/mol. The van der Waals surface area contributed by atoms with E-state index in [-0.39, 0.29) is 0 Å². The lowest BCUT2D eigenvalue weighted by atomic mass is 10.1. The molecule has 1 aromatic carbocycles. The lowest BCUT2D eigenvalue weighted by Gasteiger charge is -2.11. The molecule has 3 aromatic heterocycles. The van der Waals surface area contributed by atoms with Gasteiger partial charge in [-0.15, -0.1) is 0 Å². The first kappa shape index (κ1) is 19.0. The van der Waals surface area contributed by atoms with Crippen molar-refractivity contribution in [3.05, 3.63) is 77.5 Å². The van der Waals surface area contributed by atoms with E-state index >= 15 is 0 Å². The Morgan fingerprint density at radius 3 is 2.66 bits per heavy atom. The van der Waals surface area contributed by atoms with Gasteiger partial charge in [-0.2, -0.15) is 0 Å². The highest BCUT2D eigenvalue weighted by Gasteiger charge is 2.12. The van der Waals surface area contributed by atoms with E-state index in [2.05, 4.69) is 19.9 Å². The average Bonchev–Trinajstić information content (AvgIpc) is 3.22. The predicted molar refractivity (Wildman–Crippen MR) is 112 cm³/mol. The number of halogens is 1. The fourth-order valence-electron chi connectivity index (χ4n) is 2.97. The molecule has 6 nitrogen and oxygen atoms in total. The van der Waals surface area contributed by atoms with Crippen LogP contribution in [-0.4, -0.2) is 27.0 Å². The van der Waals surface area contributed by atoms with Crippen LogP contribution in [0.15, 0.2) is 61.1 Å². The highest BCUT2D eigenvalue weighted by Crippen LogP contribution is 2.33. The molecule has 4 aromatic rings. The summed E-state index contributed by atoms with van der Waals surface area (Å²) in [6.07, 6.45) is 5.23. The molecule has 0 bridgehead atoms. The number of benzene rings is 1. The number of aromatic amines is 1. The number of aromatic nitrogens is 4. The van der Waals surface area contributed by atoms with Crippen molar-refractivity contribution >= 4 is 11.6 Å². The molecule has 0 saturated carbocycles. The van der Waals surface area contributed by atoms with Gasteiger partial charge in [-0.1, -0.05) is 11.6 Å². The Morgan fingerprint density at radius 1 is 1.00 bits per heavy atom. The van der Waals surface area contributed by atoms with Gasteiger partial charge in [0.25, 0.3) is 0 Å². The van der Waals surface area contributed by atoms with Crippen LogP contribution in [-0.2, 0) is 6.61 Å². The molecule has 146 valence electrons. The number of H-pyrrole nitrogens is 1. The van der Waals surface area contributed by atoms with E-state index in [1.54, 1.807) is 31.8 Å². The average molecular weight is 407 g/mol. The van der Waals surface area contributed by atoms with Gasteiger partial charge < -0.3 is 14.5 Å². The zero-order valence-corrected chi connectivity index (χ0v) is 16.8. The van der Waals surface area contributed by atoms with Crippen molar-refractivity contribution in [3.8, 4) is 34.1 Å². The largest absolute Gasteiger partial charge is 0.496 e. The third-order valence-corrected chi connectivity index (χ3v) is 4.63. The number of hydrogen-bond donors (Lipinski definition) is 1. The Hall–Kier alpha value is -3.38. The first-order valence-corrected chi connectivity index (χ1v) is 9.40. The number of hydrogen-bond acceptors (Lipinski definition) is 5. The van der Waals surface area contributed by atoms with E-state index in [0.717, 1.165) is 33.8 Å². The van der Waals surface area contributed by atoms with Crippen molar-refractivity contribution < 1.29 is 9.47 Å². The maximum atomic E-state index is 5.91. The predicted octanol–water partition coefficient (Wildman–Crippen LogP) is 5.08. The molecule has 4 rings (SSSR count). The van der Waals surface area contributed by atoms with E-state index < -0.39 is 0 Å². The summed E-state index contributed by atoms with van der Waals surface area (Å²) < 4.78 is 11.5. The van der Waals surface area contributed by atoms with Crippen LogP contribution >= 0.6 is 11.6 Å². The number of nitrogens with one attached hydrogen (secondary N) is 1. The Kier molecular flexibility index (Phi) is 5.44. The Bertz CT molecular complexity index is 1130. The summed E-state index contributed by atoms with van der Waals surface area (Å²) in [6.45, 7) is 2.42. The van der Waals surface area contributed by atoms with Crippen LogP contribution < -0.4 is 9.47 Å². The van der Waals surface area contributed by atoms with Crippen molar-refractivity contribution in [2.24, 2.45) is 0 Å². The minimum Gasteiger partial charge on any atom is -0.496 e. The first-order chi connectivity index (χ1) is 14.1. The minimum absolute atomic E-state index is 0.444. The van der Waals surface area contributed by atoms with Gasteiger partial charge in [0.1, 0.15) is 29.1 Å². The Morgan fingerprint density at radius 2 is 1.90 bits per heavy atom. The minimum atomic E-state index is 0.444. The van der Waals surface area contributed by atoms with E-state index in [1.165, 1.54) is 0 Å². The molecule has 0 aliphatic carbocycles. The topological polar surface area (TPSA) is 72.9 Å². The second-order valence-corrected chi connectivity index (χ2v) is 6.86. The van der Waals surface area contributed by atoms with Crippen LogP contribution in [0, 0.1) is 6.92 Å². The second-order valence-electron chi connectivity index (χ2n) is 6.47. The highest BCUT2D eigenvalue weighted by atomic mass is 35.5. The van der Waals surface area contributed by atoms with Crippen LogP contribution in [0.1, 0.15) is 11.3 Å². The summed E-state index contributed by atoms with van der Waals surface area (Å²) in [5, 5.41) is 0.444. The van der Waals surface area contributed by atoms with Crippen LogP contribution in [0.25, 0.3) is 22.6 Å². The molecule has 0 radical (unpaired) electrons.